The Morgan fingerprint density at radius 1 is 1.39 bits per heavy atom. The fourth-order valence-electron chi connectivity index (χ4n) is 4.42. The van der Waals surface area contributed by atoms with Crippen LogP contribution in [-0.4, -0.2) is 48.4 Å². The largest absolute Gasteiger partial charge is 0.431 e. The maximum absolute atomic E-state index is 12.4. The van der Waals surface area contributed by atoms with E-state index in [1.807, 2.05) is 24.3 Å². The zero-order chi connectivity index (χ0) is 19.5. The number of hydrogen-bond acceptors (Lipinski definition) is 6. The van der Waals surface area contributed by atoms with Gasteiger partial charge < -0.3 is 19.8 Å². The first-order valence-electron chi connectivity index (χ1n) is 9.68. The molecule has 4 rings (SSSR count). The summed E-state index contributed by atoms with van der Waals surface area (Å²) in [5.74, 6) is 1.01. The summed E-state index contributed by atoms with van der Waals surface area (Å²) in [6.45, 7) is 0.618. The third-order valence-corrected chi connectivity index (χ3v) is 6.48. The average molecular weight is 404 g/mol. The molecule has 1 aromatic carbocycles. The van der Waals surface area contributed by atoms with Gasteiger partial charge in [-0.25, -0.2) is 4.98 Å². The van der Waals surface area contributed by atoms with Crippen molar-refractivity contribution in [3.8, 4) is 0 Å². The smallest absolute Gasteiger partial charge is 0.257 e. The molecular formula is C20H25N3O4S. The van der Waals surface area contributed by atoms with Gasteiger partial charge in [-0.15, -0.1) is 0 Å². The second kappa shape index (κ2) is 8.53. The number of methoxy groups -OCH3 is 1. The van der Waals surface area contributed by atoms with Crippen molar-refractivity contribution in [2.75, 3.05) is 19.5 Å². The Kier molecular flexibility index (Phi) is 5.87. The maximum Gasteiger partial charge on any atom is 0.257 e. The van der Waals surface area contributed by atoms with Crippen molar-refractivity contribution in [1.82, 2.24) is 15.6 Å². The van der Waals surface area contributed by atoms with Gasteiger partial charge in [0.2, 0.25) is 11.8 Å². The van der Waals surface area contributed by atoms with Crippen molar-refractivity contribution in [2.45, 2.75) is 43.0 Å². The second-order valence-electron chi connectivity index (χ2n) is 7.57. The number of para-hydroxylation sites is 2. The summed E-state index contributed by atoms with van der Waals surface area (Å²) in [7, 11) is 1.68. The normalized spacial score (nSPS) is 27.2. The number of thioether (sulfide) groups is 1. The van der Waals surface area contributed by atoms with Crippen molar-refractivity contribution in [3.05, 3.63) is 24.3 Å². The number of nitrogens with zero attached hydrogens (tertiary/aromatic N) is 1. The number of nitrogens with one attached hydrogen (secondary N) is 2. The van der Waals surface area contributed by atoms with E-state index in [0.717, 1.165) is 30.4 Å². The number of aromatic nitrogens is 1. The fraction of sp³-hybridized carbons (Fsp3) is 0.550. The number of piperidine rings is 1. The molecule has 2 amide bonds. The van der Waals surface area contributed by atoms with Crippen LogP contribution in [0.4, 0.5) is 0 Å². The van der Waals surface area contributed by atoms with Gasteiger partial charge in [-0.1, -0.05) is 23.9 Å². The number of benzene rings is 1. The van der Waals surface area contributed by atoms with Crippen LogP contribution in [0.5, 0.6) is 0 Å². The number of amides is 2. The van der Waals surface area contributed by atoms with E-state index in [2.05, 4.69) is 15.6 Å². The van der Waals surface area contributed by atoms with Gasteiger partial charge in [0.05, 0.1) is 5.75 Å². The van der Waals surface area contributed by atoms with E-state index in [1.54, 1.807) is 7.11 Å². The van der Waals surface area contributed by atoms with E-state index in [4.69, 9.17) is 9.15 Å². The number of hydrogen-bond donors (Lipinski definition) is 2. The average Bonchev–Trinajstić information content (AvgIpc) is 3.09. The molecule has 1 aliphatic heterocycles. The molecule has 0 spiro atoms. The highest BCUT2D eigenvalue weighted by molar-refractivity contribution is 7.99. The van der Waals surface area contributed by atoms with Gasteiger partial charge in [-0.2, -0.15) is 0 Å². The molecule has 1 saturated carbocycles. The molecule has 1 saturated heterocycles. The minimum atomic E-state index is -0.0358. The number of oxazole rings is 1. The second-order valence-corrected chi connectivity index (χ2v) is 8.50. The molecule has 0 radical (unpaired) electrons. The van der Waals surface area contributed by atoms with Crippen molar-refractivity contribution >= 4 is 34.7 Å². The molecule has 2 aliphatic rings. The highest BCUT2D eigenvalue weighted by atomic mass is 32.2. The monoisotopic (exact) mass is 403 g/mol. The van der Waals surface area contributed by atoms with Crippen LogP contribution in [0, 0.1) is 11.8 Å². The minimum absolute atomic E-state index is 0.0358. The number of rotatable bonds is 6. The predicted octanol–water partition coefficient (Wildman–Crippen LogP) is 2.36. The SMILES string of the molecule is COCC1CC(=O)NC2CC(NC(=O)CSc3nc4ccccc4o3)CCC12. The van der Waals surface area contributed by atoms with Crippen LogP contribution in [0.25, 0.3) is 11.1 Å². The first kappa shape index (κ1) is 19.3. The van der Waals surface area contributed by atoms with Gasteiger partial charge in [0.1, 0.15) is 5.52 Å². The Labute approximate surface area is 168 Å². The number of carbonyl (C=O) groups excluding carboxylic acids is 2. The molecule has 150 valence electrons. The summed E-state index contributed by atoms with van der Waals surface area (Å²) in [6, 6.07) is 7.75. The van der Waals surface area contributed by atoms with Gasteiger partial charge in [0.25, 0.3) is 5.22 Å². The van der Waals surface area contributed by atoms with E-state index in [1.165, 1.54) is 11.8 Å². The first-order chi connectivity index (χ1) is 13.6. The third kappa shape index (κ3) is 4.33. The number of fused-ring (bicyclic) bond motifs is 2. The Morgan fingerprint density at radius 3 is 3.07 bits per heavy atom. The molecule has 1 aromatic heterocycles. The van der Waals surface area contributed by atoms with E-state index in [0.29, 0.717) is 24.2 Å². The van der Waals surface area contributed by atoms with Crippen LogP contribution >= 0.6 is 11.8 Å². The lowest BCUT2D eigenvalue weighted by atomic mass is 9.71. The molecule has 8 heteroatoms. The Morgan fingerprint density at radius 2 is 2.25 bits per heavy atom. The van der Waals surface area contributed by atoms with E-state index in [-0.39, 0.29) is 35.6 Å². The van der Waals surface area contributed by atoms with Crippen LogP contribution < -0.4 is 10.6 Å². The summed E-state index contributed by atoms with van der Waals surface area (Å²) in [5.41, 5.74) is 1.52. The Bertz CT molecular complexity index is 822. The number of carbonyl (C=O) groups is 2. The summed E-state index contributed by atoms with van der Waals surface area (Å²) in [4.78, 5) is 28.7. The molecule has 2 fully saturated rings. The Hall–Kier alpha value is -2.06. The first-order valence-corrected chi connectivity index (χ1v) is 10.7. The van der Waals surface area contributed by atoms with Crippen molar-refractivity contribution in [1.29, 1.82) is 0 Å². The summed E-state index contributed by atoms with van der Waals surface area (Å²) in [5, 5.41) is 6.71. The lowest BCUT2D eigenvalue weighted by Crippen LogP contribution is -2.56. The zero-order valence-corrected chi connectivity index (χ0v) is 16.7. The highest BCUT2D eigenvalue weighted by Gasteiger charge is 2.40. The van der Waals surface area contributed by atoms with Crippen LogP contribution in [-0.2, 0) is 14.3 Å². The van der Waals surface area contributed by atoms with Crippen LogP contribution in [0.3, 0.4) is 0 Å². The van der Waals surface area contributed by atoms with Crippen LogP contribution in [0.1, 0.15) is 25.7 Å². The van der Waals surface area contributed by atoms with Crippen molar-refractivity contribution in [2.24, 2.45) is 11.8 Å². The van der Waals surface area contributed by atoms with E-state index in [9.17, 15) is 9.59 Å². The molecule has 7 nitrogen and oxygen atoms in total. The Balaban J connectivity index is 1.28. The molecule has 2 heterocycles. The zero-order valence-electron chi connectivity index (χ0n) is 15.8. The molecule has 28 heavy (non-hydrogen) atoms. The lowest BCUT2D eigenvalue weighted by molar-refractivity contribution is -0.128. The lowest BCUT2D eigenvalue weighted by Gasteiger charge is -2.43. The quantitative estimate of drug-likeness (QED) is 0.719. The summed E-state index contributed by atoms with van der Waals surface area (Å²) in [6.07, 6.45) is 3.22. The molecular weight excluding hydrogens is 378 g/mol. The predicted molar refractivity (Wildman–Crippen MR) is 106 cm³/mol. The van der Waals surface area contributed by atoms with Crippen molar-refractivity contribution < 1.29 is 18.7 Å². The van der Waals surface area contributed by atoms with Gasteiger partial charge in [-0.3, -0.25) is 9.59 Å². The molecule has 2 N–H and O–H groups in total. The van der Waals surface area contributed by atoms with Gasteiger partial charge >= 0.3 is 0 Å². The molecule has 1 aliphatic carbocycles. The van der Waals surface area contributed by atoms with Gasteiger partial charge in [0, 0.05) is 32.2 Å². The summed E-state index contributed by atoms with van der Waals surface area (Å²) < 4.78 is 10.9. The van der Waals surface area contributed by atoms with Gasteiger partial charge in [0.15, 0.2) is 5.58 Å². The molecule has 4 atom stereocenters. The van der Waals surface area contributed by atoms with Crippen molar-refractivity contribution in [3.63, 3.8) is 0 Å². The van der Waals surface area contributed by atoms with Gasteiger partial charge in [-0.05, 0) is 43.2 Å². The minimum Gasteiger partial charge on any atom is -0.431 e. The highest BCUT2D eigenvalue weighted by Crippen LogP contribution is 2.35. The third-order valence-electron chi connectivity index (χ3n) is 5.65. The van der Waals surface area contributed by atoms with E-state index >= 15 is 0 Å². The standard InChI is InChI=1S/C20H25N3O4S/c1-26-10-12-8-18(24)22-16-9-13(6-7-14(12)16)21-19(25)11-28-20-23-15-4-2-3-5-17(15)27-20/h2-5,12-14,16H,6-11H2,1H3,(H,21,25)(H,22,24). The van der Waals surface area contributed by atoms with E-state index < -0.39 is 0 Å². The molecule has 0 bridgehead atoms. The number of ether oxygens (including phenoxy) is 1. The molecule has 2 aromatic rings. The summed E-state index contributed by atoms with van der Waals surface area (Å²) >= 11 is 1.30. The maximum atomic E-state index is 12.4. The fourth-order valence-corrected chi connectivity index (χ4v) is 5.07. The topological polar surface area (TPSA) is 93.5 Å². The van der Waals surface area contributed by atoms with Crippen LogP contribution in [0.2, 0.25) is 0 Å². The molecule has 4 unspecified atom stereocenters. The van der Waals surface area contributed by atoms with Crippen LogP contribution in [0.15, 0.2) is 33.9 Å².